The molecule has 2 aromatic carbocycles. The van der Waals surface area contributed by atoms with Crippen molar-refractivity contribution >= 4 is 5.91 Å². The summed E-state index contributed by atoms with van der Waals surface area (Å²) in [6.45, 7) is 5.18. The molecule has 6 heteroatoms. The molecule has 0 saturated carbocycles. The minimum Gasteiger partial charge on any atom is -0.378 e. The van der Waals surface area contributed by atoms with Crippen molar-refractivity contribution in [3.8, 4) is 11.4 Å². The predicted octanol–water partition coefficient (Wildman–Crippen LogP) is 3.22. The average Bonchev–Trinajstić information content (AvgIpc) is 3.17. The van der Waals surface area contributed by atoms with E-state index in [2.05, 4.69) is 18.9 Å². The lowest BCUT2D eigenvalue weighted by molar-refractivity contribution is -0.145. The number of fused-ring (bicyclic) bond motifs is 1. The Bertz CT molecular complexity index is 953. The van der Waals surface area contributed by atoms with Crippen LogP contribution in [0.2, 0.25) is 0 Å². The molecule has 1 aromatic heterocycles. The van der Waals surface area contributed by atoms with Crippen LogP contribution in [0.15, 0.2) is 60.7 Å². The molecule has 2 atom stereocenters. The first-order valence-electron chi connectivity index (χ1n) is 9.60. The van der Waals surface area contributed by atoms with Crippen LogP contribution in [0.1, 0.15) is 37.4 Å². The van der Waals surface area contributed by atoms with E-state index in [1.807, 2.05) is 53.2 Å². The molecule has 0 bridgehead atoms. The Balaban J connectivity index is 1.67. The van der Waals surface area contributed by atoms with Gasteiger partial charge in [-0.1, -0.05) is 74.5 Å². The van der Waals surface area contributed by atoms with Crippen LogP contribution in [-0.2, 0) is 11.3 Å². The fraction of sp³-hybridized carbons (Fsp3) is 0.318. The van der Waals surface area contributed by atoms with E-state index in [4.69, 9.17) is 4.98 Å². The van der Waals surface area contributed by atoms with E-state index in [-0.39, 0.29) is 17.9 Å². The lowest BCUT2D eigenvalue weighted by Crippen LogP contribution is -2.46. The van der Waals surface area contributed by atoms with E-state index in [9.17, 15) is 9.90 Å². The first kappa shape index (κ1) is 18.4. The number of aliphatic hydroxyl groups excluding tert-OH is 1. The number of carbonyl (C=O) groups is 1. The second-order valence-corrected chi connectivity index (χ2v) is 7.42. The van der Waals surface area contributed by atoms with Crippen molar-refractivity contribution in [2.75, 3.05) is 6.54 Å². The molecule has 2 heterocycles. The van der Waals surface area contributed by atoms with Crippen LogP contribution >= 0.6 is 0 Å². The molecule has 0 unspecified atom stereocenters. The molecule has 0 aliphatic carbocycles. The Labute approximate surface area is 164 Å². The number of hydrogen-bond acceptors (Lipinski definition) is 4. The summed E-state index contributed by atoms with van der Waals surface area (Å²) < 4.78 is 1.89. The highest BCUT2D eigenvalue weighted by Gasteiger charge is 2.38. The smallest absolute Gasteiger partial charge is 0.256 e. The van der Waals surface area contributed by atoms with Gasteiger partial charge in [0.2, 0.25) is 0 Å². The van der Waals surface area contributed by atoms with E-state index >= 15 is 0 Å². The fourth-order valence-corrected chi connectivity index (χ4v) is 3.77. The molecule has 0 saturated heterocycles. The van der Waals surface area contributed by atoms with Gasteiger partial charge >= 0.3 is 0 Å². The summed E-state index contributed by atoms with van der Waals surface area (Å²) in [5.41, 5.74) is 1.56. The number of carbonyl (C=O) groups excluding carboxylic acids is 1. The first-order valence-corrected chi connectivity index (χ1v) is 9.60. The number of rotatable bonds is 4. The van der Waals surface area contributed by atoms with Crippen molar-refractivity contribution in [3.05, 3.63) is 72.1 Å². The maximum atomic E-state index is 13.1. The molecule has 144 valence electrons. The Morgan fingerprint density at radius 3 is 2.32 bits per heavy atom. The van der Waals surface area contributed by atoms with Gasteiger partial charge in [-0.25, -0.2) is 9.67 Å². The van der Waals surface area contributed by atoms with Gasteiger partial charge < -0.3 is 10.0 Å². The second kappa shape index (κ2) is 7.56. The Hall–Kier alpha value is -2.99. The van der Waals surface area contributed by atoms with Crippen LogP contribution in [0, 0.1) is 5.92 Å². The van der Waals surface area contributed by atoms with Crippen molar-refractivity contribution in [2.24, 2.45) is 5.92 Å². The molecule has 1 aliphatic rings. The van der Waals surface area contributed by atoms with Crippen molar-refractivity contribution in [1.29, 1.82) is 0 Å². The number of hydrogen-bond donors (Lipinski definition) is 1. The summed E-state index contributed by atoms with van der Waals surface area (Å²) in [5.74, 6) is 1.28. The fourth-order valence-electron chi connectivity index (χ4n) is 3.77. The molecule has 0 fully saturated rings. The zero-order chi connectivity index (χ0) is 19.7. The van der Waals surface area contributed by atoms with Gasteiger partial charge in [-0.3, -0.25) is 4.79 Å². The molecule has 3 aromatic rings. The Morgan fingerprint density at radius 2 is 1.68 bits per heavy atom. The van der Waals surface area contributed by atoms with Crippen LogP contribution in [0.4, 0.5) is 0 Å². The quantitative estimate of drug-likeness (QED) is 0.759. The number of aromatic nitrogens is 3. The van der Waals surface area contributed by atoms with Crippen LogP contribution in [0.3, 0.4) is 0 Å². The SMILES string of the molecule is CC(C)[C@H]1c2nc(-c3ccccc3)nn2CCN1C(=O)[C@@H](O)c1ccccc1. The third-order valence-corrected chi connectivity index (χ3v) is 5.15. The molecular formula is C22H24N4O2. The normalized spacial score (nSPS) is 17.4. The monoisotopic (exact) mass is 376 g/mol. The molecule has 1 N–H and O–H groups in total. The van der Waals surface area contributed by atoms with Gasteiger partial charge in [0.1, 0.15) is 0 Å². The summed E-state index contributed by atoms with van der Waals surface area (Å²) in [6, 6.07) is 18.7. The van der Waals surface area contributed by atoms with Crippen molar-refractivity contribution in [3.63, 3.8) is 0 Å². The summed E-state index contributed by atoms with van der Waals surface area (Å²) >= 11 is 0. The summed E-state index contributed by atoms with van der Waals surface area (Å²) in [6.07, 6.45) is -1.18. The molecule has 0 spiro atoms. The minimum atomic E-state index is -1.18. The van der Waals surface area contributed by atoms with Gasteiger partial charge in [0.05, 0.1) is 12.6 Å². The number of benzene rings is 2. The molecule has 1 amide bonds. The third kappa shape index (κ3) is 3.31. The summed E-state index contributed by atoms with van der Waals surface area (Å²) in [7, 11) is 0. The first-order chi connectivity index (χ1) is 13.6. The van der Waals surface area contributed by atoms with Gasteiger partial charge in [0, 0.05) is 12.1 Å². The Kier molecular flexibility index (Phi) is 4.96. The van der Waals surface area contributed by atoms with Crippen LogP contribution < -0.4 is 0 Å². The molecule has 6 nitrogen and oxygen atoms in total. The van der Waals surface area contributed by atoms with Gasteiger partial charge in [-0.2, -0.15) is 5.10 Å². The van der Waals surface area contributed by atoms with E-state index in [1.54, 1.807) is 17.0 Å². The number of amides is 1. The lowest BCUT2D eigenvalue weighted by Gasteiger charge is -2.38. The van der Waals surface area contributed by atoms with Gasteiger partial charge in [-0.05, 0) is 11.5 Å². The predicted molar refractivity (Wildman–Crippen MR) is 106 cm³/mol. The van der Waals surface area contributed by atoms with Crippen molar-refractivity contribution in [1.82, 2.24) is 19.7 Å². The van der Waals surface area contributed by atoms with Gasteiger partial charge in [0.15, 0.2) is 17.8 Å². The number of nitrogens with zero attached hydrogens (tertiary/aromatic N) is 4. The highest BCUT2D eigenvalue weighted by molar-refractivity contribution is 5.82. The van der Waals surface area contributed by atoms with E-state index in [0.717, 1.165) is 11.4 Å². The second-order valence-electron chi connectivity index (χ2n) is 7.42. The van der Waals surface area contributed by atoms with Crippen LogP contribution in [-0.4, -0.2) is 37.2 Å². The number of aliphatic hydroxyl groups is 1. The highest BCUT2D eigenvalue weighted by atomic mass is 16.3. The van der Waals surface area contributed by atoms with E-state index in [0.29, 0.717) is 24.5 Å². The molecule has 28 heavy (non-hydrogen) atoms. The zero-order valence-electron chi connectivity index (χ0n) is 16.1. The van der Waals surface area contributed by atoms with Gasteiger partial charge in [0.25, 0.3) is 5.91 Å². The van der Waals surface area contributed by atoms with E-state index < -0.39 is 6.10 Å². The zero-order valence-corrected chi connectivity index (χ0v) is 16.1. The summed E-state index contributed by atoms with van der Waals surface area (Å²) in [4.78, 5) is 19.6. The average molecular weight is 376 g/mol. The lowest BCUT2D eigenvalue weighted by atomic mass is 9.98. The maximum absolute atomic E-state index is 13.1. The topological polar surface area (TPSA) is 71.2 Å². The van der Waals surface area contributed by atoms with Gasteiger partial charge in [-0.15, -0.1) is 0 Å². The Morgan fingerprint density at radius 1 is 1.04 bits per heavy atom. The summed E-state index contributed by atoms with van der Waals surface area (Å²) in [5, 5.41) is 15.3. The minimum absolute atomic E-state index is 0.138. The standard InChI is InChI=1S/C22H24N4O2/c1-15(2)18-21-23-20(17-11-7-4-8-12-17)24-26(21)14-13-25(18)22(28)19(27)16-9-5-3-6-10-16/h3-12,15,18-19,27H,13-14H2,1-2H3/t18-,19-/m0/s1. The molecule has 4 rings (SSSR count). The van der Waals surface area contributed by atoms with Crippen molar-refractivity contribution in [2.45, 2.75) is 32.5 Å². The molecule has 0 radical (unpaired) electrons. The maximum Gasteiger partial charge on any atom is 0.256 e. The van der Waals surface area contributed by atoms with E-state index in [1.165, 1.54) is 0 Å². The molecule has 1 aliphatic heterocycles. The molecular weight excluding hydrogens is 352 g/mol. The van der Waals surface area contributed by atoms with Crippen molar-refractivity contribution < 1.29 is 9.90 Å². The van der Waals surface area contributed by atoms with Crippen LogP contribution in [0.5, 0.6) is 0 Å². The largest absolute Gasteiger partial charge is 0.378 e. The van der Waals surface area contributed by atoms with Crippen LogP contribution in [0.25, 0.3) is 11.4 Å². The third-order valence-electron chi connectivity index (χ3n) is 5.15. The highest BCUT2D eigenvalue weighted by Crippen LogP contribution is 2.34.